The summed E-state index contributed by atoms with van der Waals surface area (Å²) in [7, 11) is 1.59. The van der Waals surface area contributed by atoms with Gasteiger partial charge in [-0.1, -0.05) is 6.07 Å². The highest BCUT2D eigenvalue weighted by molar-refractivity contribution is 14.1. The highest BCUT2D eigenvalue weighted by atomic mass is 127. The molecule has 1 amide bonds. The van der Waals surface area contributed by atoms with Crippen LogP contribution in [-0.2, 0) is 4.74 Å². The molecule has 4 nitrogen and oxygen atoms in total. The summed E-state index contributed by atoms with van der Waals surface area (Å²) in [5, 5.41) is 2.69. The molecule has 1 aromatic carbocycles. The van der Waals surface area contributed by atoms with Gasteiger partial charge in [0.15, 0.2) is 0 Å². The minimum atomic E-state index is -0.506. The SMILES string of the molecule is COc1cccc(NC(=O)OC(C)(C)C)c1I. The van der Waals surface area contributed by atoms with E-state index in [1.807, 2.05) is 32.9 Å². The van der Waals surface area contributed by atoms with Crippen molar-refractivity contribution in [1.82, 2.24) is 0 Å². The van der Waals surface area contributed by atoms with Crippen LogP contribution in [0.15, 0.2) is 18.2 Å². The normalized spacial score (nSPS) is 10.9. The third-order valence-corrected chi connectivity index (χ3v) is 2.93. The molecule has 1 aromatic rings. The van der Waals surface area contributed by atoms with Crippen molar-refractivity contribution in [2.45, 2.75) is 26.4 Å². The molecule has 0 aromatic heterocycles. The monoisotopic (exact) mass is 349 g/mol. The van der Waals surface area contributed by atoms with E-state index >= 15 is 0 Å². The number of ether oxygens (including phenoxy) is 2. The van der Waals surface area contributed by atoms with E-state index in [0.29, 0.717) is 5.69 Å². The number of carbonyl (C=O) groups is 1. The van der Waals surface area contributed by atoms with E-state index in [4.69, 9.17) is 9.47 Å². The van der Waals surface area contributed by atoms with Crippen LogP contribution in [-0.4, -0.2) is 18.8 Å². The number of carbonyl (C=O) groups excluding carboxylic acids is 1. The molecule has 0 atom stereocenters. The fraction of sp³-hybridized carbons (Fsp3) is 0.417. The topological polar surface area (TPSA) is 47.6 Å². The molecule has 0 spiro atoms. The Labute approximate surface area is 115 Å². The van der Waals surface area contributed by atoms with E-state index in [1.54, 1.807) is 13.2 Å². The molecule has 0 fully saturated rings. The lowest BCUT2D eigenvalue weighted by atomic mass is 10.2. The average molecular weight is 349 g/mol. The van der Waals surface area contributed by atoms with E-state index in [0.717, 1.165) is 9.32 Å². The van der Waals surface area contributed by atoms with Crippen molar-refractivity contribution in [3.8, 4) is 5.75 Å². The molecule has 1 N–H and O–H groups in total. The zero-order valence-corrected chi connectivity index (χ0v) is 12.5. The number of halogens is 1. The molecular weight excluding hydrogens is 333 g/mol. The number of hydrogen-bond donors (Lipinski definition) is 1. The lowest BCUT2D eigenvalue weighted by Gasteiger charge is -2.20. The Morgan fingerprint density at radius 3 is 2.53 bits per heavy atom. The maximum atomic E-state index is 11.6. The van der Waals surface area contributed by atoms with Gasteiger partial charge in [0.2, 0.25) is 0 Å². The molecule has 0 aliphatic carbocycles. The van der Waals surface area contributed by atoms with Gasteiger partial charge in [-0.05, 0) is 55.5 Å². The highest BCUT2D eigenvalue weighted by Crippen LogP contribution is 2.28. The maximum Gasteiger partial charge on any atom is 0.412 e. The first-order valence-corrected chi connectivity index (χ1v) is 6.24. The van der Waals surface area contributed by atoms with Crippen molar-refractivity contribution in [2.24, 2.45) is 0 Å². The van der Waals surface area contributed by atoms with Gasteiger partial charge in [-0.3, -0.25) is 5.32 Å². The number of nitrogens with one attached hydrogen (secondary N) is 1. The molecule has 0 aliphatic heterocycles. The van der Waals surface area contributed by atoms with Crippen molar-refractivity contribution in [1.29, 1.82) is 0 Å². The summed E-state index contributed by atoms with van der Waals surface area (Å²) in [4.78, 5) is 11.6. The number of amides is 1. The summed E-state index contributed by atoms with van der Waals surface area (Å²) in [6, 6.07) is 5.45. The van der Waals surface area contributed by atoms with Crippen LogP contribution >= 0.6 is 22.6 Å². The smallest absolute Gasteiger partial charge is 0.412 e. The number of rotatable bonds is 2. The average Bonchev–Trinajstić information content (AvgIpc) is 2.18. The van der Waals surface area contributed by atoms with Gasteiger partial charge >= 0.3 is 6.09 Å². The first-order chi connectivity index (χ1) is 7.83. The Balaban J connectivity index is 2.79. The molecule has 5 heteroatoms. The molecule has 0 unspecified atom stereocenters. The first kappa shape index (κ1) is 14.1. The van der Waals surface area contributed by atoms with Crippen molar-refractivity contribution in [3.63, 3.8) is 0 Å². The minimum Gasteiger partial charge on any atom is -0.496 e. The van der Waals surface area contributed by atoms with Crippen LogP contribution in [0.4, 0.5) is 10.5 Å². The zero-order valence-electron chi connectivity index (χ0n) is 10.3. The molecule has 17 heavy (non-hydrogen) atoms. The van der Waals surface area contributed by atoms with Gasteiger partial charge in [0.05, 0.1) is 16.4 Å². The van der Waals surface area contributed by atoms with Gasteiger partial charge in [0.1, 0.15) is 11.4 Å². The molecule has 94 valence electrons. The molecule has 0 saturated heterocycles. The fourth-order valence-corrected chi connectivity index (χ4v) is 1.89. The van der Waals surface area contributed by atoms with Crippen molar-refractivity contribution >= 4 is 34.4 Å². The van der Waals surface area contributed by atoms with Crippen molar-refractivity contribution in [3.05, 3.63) is 21.8 Å². The molecule has 0 heterocycles. The zero-order chi connectivity index (χ0) is 13.1. The quantitative estimate of drug-likeness (QED) is 0.830. The summed E-state index contributed by atoms with van der Waals surface area (Å²) in [5.74, 6) is 0.721. The Morgan fingerprint density at radius 1 is 1.35 bits per heavy atom. The number of benzene rings is 1. The Morgan fingerprint density at radius 2 is 2.00 bits per heavy atom. The Hall–Kier alpha value is -0.980. The second-order valence-electron chi connectivity index (χ2n) is 4.45. The van der Waals surface area contributed by atoms with Crippen molar-refractivity contribution < 1.29 is 14.3 Å². The Bertz CT molecular complexity index is 413. The highest BCUT2D eigenvalue weighted by Gasteiger charge is 2.17. The van der Waals surface area contributed by atoms with Gasteiger partial charge in [-0.25, -0.2) is 4.79 Å². The molecule has 0 radical (unpaired) electrons. The van der Waals surface area contributed by atoms with Crippen LogP contribution in [0.5, 0.6) is 5.75 Å². The van der Waals surface area contributed by atoms with E-state index in [9.17, 15) is 4.79 Å². The molecular formula is C12H16INO3. The van der Waals surface area contributed by atoms with Crippen LogP contribution in [0.1, 0.15) is 20.8 Å². The van der Waals surface area contributed by atoms with Gasteiger partial charge in [0.25, 0.3) is 0 Å². The standard InChI is InChI=1S/C12H16INO3/c1-12(2,3)17-11(15)14-8-6-5-7-9(16-4)10(8)13/h5-7H,1-4H3,(H,14,15). The molecule has 0 saturated carbocycles. The van der Waals surface area contributed by atoms with E-state index in [1.165, 1.54) is 0 Å². The summed E-state index contributed by atoms with van der Waals surface area (Å²) < 4.78 is 11.2. The van der Waals surface area contributed by atoms with Gasteiger partial charge in [-0.2, -0.15) is 0 Å². The second kappa shape index (κ2) is 5.57. The summed E-state index contributed by atoms with van der Waals surface area (Å²) in [6.07, 6.45) is -0.469. The lowest BCUT2D eigenvalue weighted by Crippen LogP contribution is -2.27. The lowest BCUT2D eigenvalue weighted by molar-refractivity contribution is 0.0636. The largest absolute Gasteiger partial charge is 0.496 e. The van der Waals surface area contributed by atoms with Gasteiger partial charge in [0, 0.05) is 0 Å². The van der Waals surface area contributed by atoms with Crippen molar-refractivity contribution in [2.75, 3.05) is 12.4 Å². The third-order valence-electron chi connectivity index (χ3n) is 1.82. The predicted octanol–water partition coefficient (Wildman–Crippen LogP) is 3.65. The number of anilines is 1. The molecule has 1 rings (SSSR count). The Kier molecular flexibility index (Phi) is 4.62. The van der Waals surface area contributed by atoms with E-state index in [2.05, 4.69) is 27.9 Å². The number of methoxy groups -OCH3 is 1. The number of hydrogen-bond acceptors (Lipinski definition) is 3. The first-order valence-electron chi connectivity index (χ1n) is 5.16. The minimum absolute atomic E-state index is 0.469. The van der Waals surface area contributed by atoms with Crippen LogP contribution in [0.2, 0.25) is 0 Å². The third kappa shape index (κ3) is 4.41. The van der Waals surface area contributed by atoms with Crippen LogP contribution in [0, 0.1) is 3.57 Å². The fourth-order valence-electron chi connectivity index (χ4n) is 1.18. The summed E-state index contributed by atoms with van der Waals surface area (Å²) in [5.41, 5.74) is 0.174. The van der Waals surface area contributed by atoms with E-state index in [-0.39, 0.29) is 0 Å². The van der Waals surface area contributed by atoms with Crippen LogP contribution < -0.4 is 10.1 Å². The second-order valence-corrected chi connectivity index (χ2v) is 5.53. The van der Waals surface area contributed by atoms with Gasteiger partial charge in [-0.15, -0.1) is 0 Å². The molecule has 0 bridgehead atoms. The maximum absolute atomic E-state index is 11.6. The summed E-state index contributed by atoms with van der Waals surface area (Å²) >= 11 is 2.12. The van der Waals surface area contributed by atoms with Crippen LogP contribution in [0.25, 0.3) is 0 Å². The molecule has 0 aliphatic rings. The van der Waals surface area contributed by atoms with Gasteiger partial charge < -0.3 is 9.47 Å². The van der Waals surface area contributed by atoms with Crippen LogP contribution in [0.3, 0.4) is 0 Å². The summed E-state index contributed by atoms with van der Waals surface area (Å²) in [6.45, 7) is 5.47. The predicted molar refractivity (Wildman–Crippen MR) is 75.6 cm³/mol. The van der Waals surface area contributed by atoms with E-state index < -0.39 is 11.7 Å².